The molecule has 0 saturated carbocycles. The fourth-order valence-corrected chi connectivity index (χ4v) is 2.86. The Labute approximate surface area is 146 Å². The molecule has 2 N–H and O–H groups in total. The summed E-state index contributed by atoms with van der Waals surface area (Å²) in [7, 11) is 3.40. The van der Waals surface area contributed by atoms with E-state index < -0.39 is 0 Å². The topological polar surface area (TPSA) is 81.1 Å². The van der Waals surface area contributed by atoms with Crippen molar-refractivity contribution in [2.24, 2.45) is 7.05 Å². The number of fused-ring (bicyclic) bond motifs is 1. The quantitative estimate of drug-likeness (QED) is 0.747. The Bertz CT molecular complexity index is 898. The summed E-state index contributed by atoms with van der Waals surface area (Å²) < 4.78 is 6.99. The lowest BCUT2D eigenvalue weighted by atomic mass is 10.1. The third kappa shape index (κ3) is 3.55. The van der Waals surface area contributed by atoms with Crippen molar-refractivity contribution in [1.29, 1.82) is 0 Å². The highest BCUT2D eigenvalue weighted by molar-refractivity contribution is 5.82. The van der Waals surface area contributed by atoms with Crippen molar-refractivity contribution >= 4 is 16.9 Å². The van der Waals surface area contributed by atoms with Gasteiger partial charge >= 0.3 is 6.03 Å². The zero-order valence-electron chi connectivity index (χ0n) is 14.5. The van der Waals surface area contributed by atoms with Crippen molar-refractivity contribution in [3.05, 3.63) is 53.3 Å². The molecule has 0 aliphatic rings. The smallest absolute Gasteiger partial charge is 0.315 e. The van der Waals surface area contributed by atoms with E-state index >= 15 is 0 Å². The van der Waals surface area contributed by atoms with Gasteiger partial charge in [0.05, 0.1) is 30.4 Å². The Balaban J connectivity index is 1.62. The van der Waals surface area contributed by atoms with Gasteiger partial charge < -0.3 is 15.4 Å². The van der Waals surface area contributed by atoms with Crippen LogP contribution in [0.4, 0.5) is 4.79 Å². The van der Waals surface area contributed by atoms with Crippen molar-refractivity contribution < 1.29 is 9.53 Å². The Kier molecular flexibility index (Phi) is 4.83. The van der Waals surface area contributed by atoms with Crippen LogP contribution in [-0.4, -0.2) is 27.9 Å². The van der Waals surface area contributed by atoms with Gasteiger partial charge in [-0.1, -0.05) is 18.2 Å². The van der Waals surface area contributed by atoms with Crippen LogP contribution in [0.3, 0.4) is 0 Å². The summed E-state index contributed by atoms with van der Waals surface area (Å²) in [4.78, 5) is 16.5. The fraction of sp³-hybridized carbons (Fsp3) is 0.278. The normalized spacial score (nSPS) is 10.7. The number of urea groups is 1. The number of hydrogen-bond acceptors (Lipinski definition) is 4. The molecule has 0 aliphatic carbocycles. The van der Waals surface area contributed by atoms with Gasteiger partial charge in [0, 0.05) is 25.2 Å². The summed E-state index contributed by atoms with van der Waals surface area (Å²) in [5.41, 5.74) is 3.64. The number of aryl methyl sites for hydroxylation is 2. The maximum absolute atomic E-state index is 12.1. The van der Waals surface area contributed by atoms with Gasteiger partial charge in [-0.3, -0.25) is 4.98 Å². The van der Waals surface area contributed by atoms with Crippen LogP contribution >= 0.6 is 0 Å². The number of ether oxygens (including phenoxy) is 1. The molecule has 0 bridgehead atoms. The van der Waals surface area contributed by atoms with Crippen LogP contribution in [0, 0.1) is 6.92 Å². The maximum atomic E-state index is 12.1. The summed E-state index contributed by atoms with van der Waals surface area (Å²) in [6, 6.07) is 9.54. The van der Waals surface area contributed by atoms with Gasteiger partial charge in [-0.15, -0.1) is 0 Å². The molecule has 3 rings (SSSR count). The van der Waals surface area contributed by atoms with Gasteiger partial charge in [0.1, 0.15) is 0 Å². The average molecular weight is 339 g/mol. The van der Waals surface area contributed by atoms with E-state index in [0.717, 1.165) is 27.7 Å². The van der Waals surface area contributed by atoms with Crippen LogP contribution in [0.25, 0.3) is 10.9 Å². The summed E-state index contributed by atoms with van der Waals surface area (Å²) in [5, 5.41) is 11.1. The molecule has 0 fully saturated rings. The number of nitrogens with zero attached hydrogens (tertiary/aromatic N) is 3. The number of carbonyl (C=O) groups excluding carboxylic acids is 1. The SMILES string of the molecule is COc1c(CNC(=O)NCc2ccnc3ccccc23)c(C)nn1C. The number of benzene rings is 1. The number of carbonyl (C=O) groups is 1. The molecule has 2 heterocycles. The molecule has 0 atom stereocenters. The zero-order valence-corrected chi connectivity index (χ0v) is 14.5. The lowest BCUT2D eigenvalue weighted by Gasteiger charge is -2.10. The Morgan fingerprint density at radius 1 is 1.20 bits per heavy atom. The van der Waals surface area contributed by atoms with Gasteiger partial charge in [0.2, 0.25) is 5.88 Å². The van der Waals surface area contributed by atoms with Gasteiger partial charge in [0.15, 0.2) is 0 Å². The highest BCUT2D eigenvalue weighted by Gasteiger charge is 2.14. The second-order valence-electron chi connectivity index (χ2n) is 5.72. The van der Waals surface area contributed by atoms with Crippen molar-refractivity contribution in [3.8, 4) is 5.88 Å². The molecule has 7 nitrogen and oxygen atoms in total. The first-order chi connectivity index (χ1) is 12.1. The van der Waals surface area contributed by atoms with E-state index in [4.69, 9.17) is 4.74 Å². The number of rotatable bonds is 5. The summed E-state index contributed by atoms with van der Waals surface area (Å²) in [5.74, 6) is 0.651. The molecule has 1 aromatic carbocycles. The first-order valence-electron chi connectivity index (χ1n) is 8.01. The van der Waals surface area contributed by atoms with Crippen LogP contribution in [0.15, 0.2) is 36.5 Å². The van der Waals surface area contributed by atoms with Gasteiger partial charge in [-0.2, -0.15) is 5.10 Å². The monoisotopic (exact) mass is 339 g/mol. The number of aromatic nitrogens is 3. The minimum absolute atomic E-state index is 0.244. The molecule has 0 unspecified atom stereocenters. The molecular weight excluding hydrogens is 318 g/mol. The molecule has 25 heavy (non-hydrogen) atoms. The van der Waals surface area contributed by atoms with E-state index in [0.29, 0.717) is 19.0 Å². The Morgan fingerprint density at radius 3 is 2.76 bits per heavy atom. The Hall–Kier alpha value is -3.09. The van der Waals surface area contributed by atoms with Crippen LogP contribution in [0.2, 0.25) is 0 Å². The average Bonchev–Trinajstić information content (AvgIpc) is 2.90. The van der Waals surface area contributed by atoms with E-state index in [1.54, 1.807) is 18.0 Å². The summed E-state index contributed by atoms with van der Waals surface area (Å²) in [6.07, 6.45) is 1.75. The molecule has 0 radical (unpaired) electrons. The molecule has 7 heteroatoms. The minimum Gasteiger partial charge on any atom is -0.481 e. The number of hydrogen-bond donors (Lipinski definition) is 2. The van der Waals surface area contributed by atoms with Crippen molar-refractivity contribution in [3.63, 3.8) is 0 Å². The second kappa shape index (κ2) is 7.21. The fourth-order valence-electron chi connectivity index (χ4n) is 2.86. The molecule has 2 amide bonds. The first-order valence-corrected chi connectivity index (χ1v) is 8.01. The maximum Gasteiger partial charge on any atom is 0.315 e. The number of pyridine rings is 1. The van der Waals surface area contributed by atoms with E-state index in [-0.39, 0.29) is 6.03 Å². The predicted octanol–water partition coefficient (Wildman–Crippen LogP) is 2.28. The zero-order chi connectivity index (χ0) is 17.8. The van der Waals surface area contributed by atoms with Crippen LogP contribution in [-0.2, 0) is 20.1 Å². The lowest BCUT2D eigenvalue weighted by Crippen LogP contribution is -2.34. The van der Waals surface area contributed by atoms with Crippen LogP contribution in [0.5, 0.6) is 5.88 Å². The molecule has 0 spiro atoms. The number of methoxy groups -OCH3 is 1. The minimum atomic E-state index is -0.244. The lowest BCUT2D eigenvalue weighted by molar-refractivity contribution is 0.240. The van der Waals surface area contributed by atoms with Gasteiger partial charge in [-0.05, 0) is 24.6 Å². The molecular formula is C18H21N5O2. The predicted molar refractivity (Wildman–Crippen MR) is 95.3 cm³/mol. The molecule has 2 aromatic heterocycles. The van der Waals surface area contributed by atoms with E-state index in [1.165, 1.54) is 0 Å². The third-order valence-corrected chi connectivity index (χ3v) is 4.09. The third-order valence-electron chi connectivity index (χ3n) is 4.09. The van der Waals surface area contributed by atoms with Crippen molar-refractivity contribution in [2.75, 3.05) is 7.11 Å². The van der Waals surface area contributed by atoms with E-state index in [9.17, 15) is 4.79 Å². The number of nitrogens with one attached hydrogen (secondary N) is 2. The van der Waals surface area contributed by atoms with Gasteiger partial charge in [0.25, 0.3) is 0 Å². The second-order valence-corrected chi connectivity index (χ2v) is 5.72. The van der Waals surface area contributed by atoms with E-state index in [2.05, 4.69) is 20.7 Å². The highest BCUT2D eigenvalue weighted by atomic mass is 16.5. The Morgan fingerprint density at radius 2 is 1.96 bits per heavy atom. The number of amides is 2. The molecule has 130 valence electrons. The standard InChI is InChI=1S/C18H21N5O2/c1-12-15(17(25-3)23(2)22-12)11-21-18(24)20-10-13-8-9-19-16-7-5-4-6-14(13)16/h4-9H,10-11H2,1-3H3,(H2,20,21,24). The van der Waals surface area contributed by atoms with E-state index in [1.807, 2.05) is 44.3 Å². The van der Waals surface area contributed by atoms with Crippen LogP contribution in [0.1, 0.15) is 16.8 Å². The molecule has 0 saturated heterocycles. The number of para-hydroxylation sites is 1. The van der Waals surface area contributed by atoms with Crippen molar-refractivity contribution in [2.45, 2.75) is 20.0 Å². The summed E-state index contributed by atoms with van der Waals surface area (Å²) >= 11 is 0. The largest absolute Gasteiger partial charge is 0.481 e. The van der Waals surface area contributed by atoms with Crippen molar-refractivity contribution in [1.82, 2.24) is 25.4 Å². The molecule has 0 aliphatic heterocycles. The highest BCUT2D eigenvalue weighted by Crippen LogP contribution is 2.20. The first kappa shape index (κ1) is 16.8. The molecule has 3 aromatic rings. The summed E-state index contributed by atoms with van der Waals surface area (Å²) in [6.45, 7) is 2.67. The van der Waals surface area contributed by atoms with Crippen LogP contribution < -0.4 is 15.4 Å². The van der Waals surface area contributed by atoms with Gasteiger partial charge in [-0.25, -0.2) is 9.48 Å².